The SMILES string of the molecule is Cn1c(=O)c2c3ccc4c(cc3oc2n(C)c1=O)oc1c4c(=O)n(C)c(=O)[n+]1C.F[B-](F)(F)F. The molecule has 10 nitrogen and oxygen atoms in total. The van der Waals surface area contributed by atoms with Gasteiger partial charge in [0.05, 0.1) is 14.1 Å². The van der Waals surface area contributed by atoms with Crippen LogP contribution in [-0.2, 0) is 28.2 Å². The lowest BCUT2D eigenvalue weighted by atomic mass is 10.2. The standard InChI is InChI=1S/C19H15N4O6.BF4/c1-20-14(24)12-8-5-6-9-11(7-10(8)28-16(12)22(3)18(20)26)29-17-13(9)15(25)21(2)19(27)23(17)4;2-1(3,4)5/h5-7H,1-4H3;/q+1;-1. The predicted molar refractivity (Wildman–Crippen MR) is 114 cm³/mol. The van der Waals surface area contributed by atoms with Crippen molar-refractivity contribution >= 4 is 51.4 Å². The summed E-state index contributed by atoms with van der Waals surface area (Å²) in [6.07, 6.45) is 0. The molecule has 1 aromatic carbocycles. The predicted octanol–water partition coefficient (Wildman–Crippen LogP) is 1.07. The van der Waals surface area contributed by atoms with Gasteiger partial charge in [0, 0.05) is 30.9 Å². The van der Waals surface area contributed by atoms with Gasteiger partial charge in [-0.15, -0.1) is 0 Å². The summed E-state index contributed by atoms with van der Waals surface area (Å²) in [6, 6.07) is 4.85. The average molecular weight is 482 g/mol. The van der Waals surface area contributed by atoms with E-state index in [1.807, 2.05) is 0 Å². The highest BCUT2D eigenvalue weighted by molar-refractivity contribution is 6.50. The first-order chi connectivity index (χ1) is 15.7. The molecule has 0 unspecified atom stereocenters. The van der Waals surface area contributed by atoms with Gasteiger partial charge in [-0.05, 0) is 12.1 Å². The van der Waals surface area contributed by atoms with E-state index < -0.39 is 29.8 Å². The van der Waals surface area contributed by atoms with Crippen molar-refractivity contribution in [1.82, 2.24) is 13.7 Å². The Morgan fingerprint density at radius 1 is 0.794 bits per heavy atom. The van der Waals surface area contributed by atoms with E-state index in [4.69, 9.17) is 8.83 Å². The van der Waals surface area contributed by atoms with Crippen LogP contribution in [0.25, 0.3) is 44.1 Å². The highest BCUT2D eigenvalue weighted by Crippen LogP contribution is 2.30. The van der Waals surface area contributed by atoms with E-state index in [9.17, 15) is 36.4 Å². The van der Waals surface area contributed by atoms with Crippen LogP contribution in [0.4, 0.5) is 17.3 Å². The number of nitrogens with zero attached hydrogens (tertiary/aromatic N) is 4. The van der Waals surface area contributed by atoms with Crippen LogP contribution in [-0.4, -0.2) is 21.0 Å². The van der Waals surface area contributed by atoms with Crippen LogP contribution >= 0.6 is 0 Å². The fraction of sp³-hybridized carbons (Fsp3) is 0.211. The summed E-state index contributed by atoms with van der Waals surface area (Å²) >= 11 is 0. The average Bonchev–Trinajstić information content (AvgIpc) is 3.24. The van der Waals surface area contributed by atoms with Gasteiger partial charge in [-0.3, -0.25) is 13.9 Å². The zero-order valence-corrected chi connectivity index (χ0v) is 18.1. The van der Waals surface area contributed by atoms with Gasteiger partial charge in [0.15, 0.2) is 5.39 Å². The molecule has 0 aliphatic rings. The summed E-state index contributed by atoms with van der Waals surface area (Å²) in [4.78, 5) is 49.7. The Balaban J connectivity index is 0.000000499. The molecule has 5 aromatic rings. The molecule has 0 amide bonds. The maximum Gasteiger partial charge on any atom is 0.673 e. The molecule has 0 atom stereocenters. The van der Waals surface area contributed by atoms with Crippen LogP contribution in [0, 0.1) is 0 Å². The molecule has 0 aliphatic heterocycles. The molecule has 4 heterocycles. The second-order valence-electron chi connectivity index (χ2n) is 7.50. The molecule has 178 valence electrons. The van der Waals surface area contributed by atoms with Gasteiger partial charge in [-0.25, -0.2) is 9.59 Å². The Hall–Kier alpha value is -4.17. The lowest BCUT2D eigenvalue weighted by Gasteiger charge is -2.01. The number of aromatic nitrogens is 4. The normalized spacial score (nSPS) is 12.0. The van der Waals surface area contributed by atoms with E-state index in [-0.39, 0.29) is 22.2 Å². The Labute approximate surface area is 184 Å². The third-order valence-electron chi connectivity index (χ3n) is 5.38. The smallest absolute Gasteiger partial charge is 0.439 e. The highest BCUT2D eigenvalue weighted by Gasteiger charge is 2.24. The molecular weight excluding hydrogens is 467 g/mol. The highest BCUT2D eigenvalue weighted by atomic mass is 19.5. The zero-order valence-electron chi connectivity index (χ0n) is 18.1. The van der Waals surface area contributed by atoms with E-state index in [1.165, 1.54) is 37.3 Å². The largest absolute Gasteiger partial charge is 0.673 e. The molecule has 4 aromatic heterocycles. The Morgan fingerprint density at radius 2 is 1.29 bits per heavy atom. The second-order valence-corrected chi connectivity index (χ2v) is 7.50. The second kappa shape index (κ2) is 7.43. The van der Waals surface area contributed by atoms with Gasteiger partial charge in [0.2, 0.25) is 5.71 Å². The lowest BCUT2D eigenvalue weighted by Crippen LogP contribution is -2.54. The number of rotatable bonds is 0. The fourth-order valence-corrected chi connectivity index (χ4v) is 3.75. The Kier molecular flexibility index (Phi) is 5.03. The zero-order chi connectivity index (χ0) is 25.3. The van der Waals surface area contributed by atoms with Gasteiger partial charge in [-0.2, -0.15) is 13.9 Å². The van der Waals surface area contributed by atoms with Gasteiger partial charge < -0.3 is 26.1 Å². The topological polar surface area (TPSA) is 113 Å². The van der Waals surface area contributed by atoms with Crippen molar-refractivity contribution in [3.8, 4) is 0 Å². The molecule has 0 N–H and O–H groups in total. The summed E-state index contributed by atoms with van der Waals surface area (Å²) in [5, 5.41) is 1.48. The van der Waals surface area contributed by atoms with Gasteiger partial charge in [0.1, 0.15) is 16.6 Å². The monoisotopic (exact) mass is 482 g/mol. The minimum atomic E-state index is -6.00. The molecule has 0 fully saturated rings. The summed E-state index contributed by atoms with van der Waals surface area (Å²) < 4.78 is 55.1. The van der Waals surface area contributed by atoms with Crippen LogP contribution in [0.3, 0.4) is 0 Å². The van der Waals surface area contributed by atoms with Crippen molar-refractivity contribution in [2.75, 3.05) is 0 Å². The summed E-state index contributed by atoms with van der Waals surface area (Å²) in [5.41, 5.74) is -1.04. The van der Waals surface area contributed by atoms with Crippen molar-refractivity contribution in [3.63, 3.8) is 0 Å². The number of halogens is 4. The van der Waals surface area contributed by atoms with E-state index in [2.05, 4.69) is 0 Å². The van der Waals surface area contributed by atoms with Crippen molar-refractivity contribution in [1.29, 1.82) is 0 Å². The third kappa shape index (κ3) is 3.40. The van der Waals surface area contributed by atoms with Crippen LogP contribution in [0.5, 0.6) is 0 Å². The number of furan rings is 2. The number of fused-ring (bicyclic) bond motifs is 6. The van der Waals surface area contributed by atoms with Crippen molar-refractivity contribution in [2.45, 2.75) is 0 Å². The molecule has 0 aliphatic carbocycles. The summed E-state index contributed by atoms with van der Waals surface area (Å²) in [6.45, 7) is 0. The van der Waals surface area contributed by atoms with Crippen LogP contribution in [0.2, 0.25) is 0 Å². The minimum absolute atomic E-state index is 0.145. The number of hydrogen-bond donors (Lipinski definition) is 0. The molecule has 0 saturated carbocycles. The van der Waals surface area contributed by atoms with Gasteiger partial charge in [0.25, 0.3) is 5.56 Å². The van der Waals surface area contributed by atoms with Gasteiger partial charge in [-0.1, -0.05) is 0 Å². The molecular formula is C19H15BF4N4O6. The molecule has 5 rings (SSSR count). The first-order valence-corrected chi connectivity index (χ1v) is 9.57. The molecule has 0 spiro atoms. The van der Waals surface area contributed by atoms with Crippen molar-refractivity contribution in [2.24, 2.45) is 28.2 Å². The minimum Gasteiger partial charge on any atom is -0.439 e. The van der Waals surface area contributed by atoms with E-state index >= 15 is 0 Å². The lowest BCUT2D eigenvalue weighted by molar-refractivity contribution is -0.671. The molecule has 0 radical (unpaired) electrons. The first kappa shape index (κ1) is 23.0. The first-order valence-electron chi connectivity index (χ1n) is 9.57. The van der Waals surface area contributed by atoms with Crippen LogP contribution in [0.15, 0.2) is 46.2 Å². The van der Waals surface area contributed by atoms with Crippen LogP contribution in [0.1, 0.15) is 0 Å². The van der Waals surface area contributed by atoms with E-state index in [0.717, 1.165) is 9.13 Å². The maximum atomic E-state index is 12.7. The maximum absolute atomic E-state index is 12.7. The Bertz CT molecular complexity index is 1760. The summed E-state index contributed by atoms with van der Waals surface area (Å²) in [5.74, 6) is 0. The molecule has 15 heteroatoms. The summed E-state index contributed by atoms with van der Waals surface area (Å²) in [7, 11) is -0.170. The van der Waals surface area contributed by atoms with Crippen molar-refractivity contribution in [3.05, 3.63) is 59.9 Å². The van der Waals surface area contributed by atoms with Gasteiger partial charge >= 0.3 is 29.9 Å². The third-order valence-corrected chi connectivity index (χ3v) is 5.38. The fourth-order valence-electron chi connectivity index (χ4n) is 3.75. The quantitative estimate of drug-likeness (QED) is 0.186. The molecule has 34 heavy (non-hydrogen) atoms. The molecule has 0 saturated heterocycles. The molecule has 0 bridgehead atoms. The van der Waals surface area contributed by atoms with E-state index in [0.29, 0.717) is 21.9 Å². The van der Waals surface area contributed by atoms with Crippen LogP contribution < -0.4 is 27.1 Å². The number of aryl methyl sites for hydroxylation is 2. The van der Waals surface area contributed by atoms with Crippen molar-refractivity contribution < 1.29 is 30.7 Å². The number of hydrogen-bond acceptors (Lipinski definition) is 6. The Morgan fingerprint density at radius 3 is 1.88 bits per heavy atom. The van der Waals surface area contributed by atoms with E-state index in [1.54, 1.807) is 18.2 Å².